The molecule has 1 aromatic heterocycles. The maximum atomic E-state index is 6.01. The minimum Gasteiger partial charge on any atom is -0.370 e. The lowest BCUT2D eigenvalue weighted by molar-refractivity contribution is 0.261. The Morgan fingerprint density at radius 1 is 1.38 bits per heavy atom. The van der Waals surface area contributed by atoms with Crippen molar-refractivity contribution in [2.45, 2.75) is 37.8 Å². The Bertz CT molecular complexity index is 381. The van der Waals surface area contributed by atoms with Crippen molar-refractivity contribution >= 4 is 17.3 Å². The quantitative estimate of drug-likeness (QED) is 0.851. The molecule has 0 spiro atoms. The van der Waals surface area contributed by atoms with Crippen LogP contribution in [-0.4, -0.2) is 28.4 Å². The molecular weight excluding hydrogens is 220 g/mol. The van der Waals surface area contributed by atoms with E-state index in [-0.39, 0.29) is 0 Å². The molecule has 5 heteroatoms. The van der Waals surface area contributed by atoms with E-state index in [1.165, 1.54) is 25.7 Å². The van der Waals surface area contributed by atoms with Crippen molar-refractivity contribution in [3.05, 3.63) is 16.6 Å². The number of hydrogen-bond acceptors (Lipinski definition) is 5. The monoisotopic (exact) mass is 236 g/mol. The maximum Gasteiger partial charge on any atom is 0.192 e. The molecule has 1 aromatic rings. The number of hydrogen-bond donors (Lipinski definition) is 1. The highest BCUT2D eigenvalue weighted by Crippen LogP contribution is 2.34. The van der Waals surface area contributed by atoms with E-state index in [0.717, 1.165) is 11.6 Å². The largest absolute Gasteiger partial charge is 0.370 e. The predicted octanol–water partition coefficient (Wildman–Crippen LogP) is 1.76. The molecule has 1 aliphatic carbocycles. The molecule has 0 aromatic carbocycles. The smallest absolute Gasteiger partial charge is 0.192 e. The molecule has 16 heavy (non-hydrogen) atoms. The van der Waals surface area contributed by atoms with E-state index in [2.05, 4.69) is 14.9 Å². The van der Waals surface area contributed by atoms with Crippen LogP contribution in [0, 0.1) is 0 Å². The van der Waals surface area contributed by atoms with Crippen molar-refractivity contribution in [3.63, 3.8) is 0 Å². The van der Waals surface area contributed by atoms with Gasteiger partial charge in [-0.3, -0.25) is 4.99 Å². The first-order valence-corrected chi connectivity index (χ1v) is 6.72. The zero-order valence-electron chi connectivity index (χ0n) is 9.17. The first-order valence-electron chi connectivity index (χ1n) is 5.84. The maximum absolute atomic E-state index is 6.01. The van der Waals surface area contributed by atoms with Gasteiger partial charge in [-0.25, -0.2) is 4.98 Å². The minimum absolute atomic E-state index is 0.295. The second-order valence-electron chi connectivity index (χ2n) is 4.43. The molecule has 86 valence electrons. The van der Waals surface area contributed by atoms with E-state index in [0.29, 0.717) is 18.0 Å². The van der Waals surface area contributed by atoms with Gasteiger partial charge in [-0.15, -0.1) is 11.3 Å². The second kappa shape index (κ2) is 4.05. The molecule has 1 fully saturated rings. The average Bonchev–Trinajstić information content (AvgIpc) is 2.96. The Hall–Kier alpha value is -1.10. The summed E-state index contributed by atoms with van der Waals surface area (Å²) in [6, 6.07) is 0.878. The van der Waals surface area contributed by atoms with Crippen LogP contribution in [0.3, 0.4) is 0 Å². The van der Waals surface area contributed by atoms with Crippen molar-refractivity contribution in [3.8, 4) is 0 Å². The molecule has 3 rings (SSSR count). The Labute approximate surface area is 99.2 Å². The van der Waals surface area contributed by atoms with Crippen LogP contribution in [0.1, 0.15) is 36.7 Å². The van der Waals surface area contributed by atoms with E-state index in [4.69, 9.17) is 5.73 Å². The third kappa shape index (κ3) is 1.59. The lowest BCUT2D eigenvalue weighted by atomic mass is 10.1. The highest BCUT2D eigenvalue weighted by Gasteiger charge is 2.35. The van der Waals surface area contributed by atoms with E-state index in [1.54, 1.807) is 11.3 Å². The molecule has 1 unspecified atom stereocenters. The van der Waals surface area contributed by atoms with Gasteiger partial charge in [-0.05, 0) is 12.8 Å². The third-order valence-corrected chi connectivity index (χ3v) is 4.36. The number of aromatic nitrogens is 1. The van der Waals surface area contributed by atoms with Crippen LogP contribution < -0.4 is 5.73 Å². The Morgan fingerprint density at radius 3 is 2.88 bits per heavy atom. The zero-order valence-corrected chi connectivity index (χ0v) is 9.99. The lowest BCUT2D eigenvalue weighted by Gasteiger charge is -2.30. The summed E-state index contributed by atoms with van der Waals surface area (Å²) < 4.78 is 0. The summed E-state index contributed by atoms with van der Waals surface area (Å²) in [7, 11) is 0. The van der Waals surface area contributed by atoms with Crippen LogP contribution in [0.15, 0.2) is 16.6 Å². The van der Waals surface area contributed by atoms with Crippen LogP contribution in [0.25, 0.3) is 0 Å². The average molecular weight is 236 g/mol. The van der Waals surface area contributed by atoms with Gasteiger partial charge in [0.05, 0.1) is 6.54 Å². The summed E-state index contributed by atoms with van der Waals surface area (Å²) in [5.74, 6) is 0.715. The topological polar surface area (TPSA) is 54.5 Å². The Balaban J connectivity index is 1.84. The van der Waals surface area contributed by atoms with E-state index < -0.39 is 0 Å². The van der Waals surface area contributed by atoms with Crippen LogP contribution in [0.5, 0.6) is 0 Å². The summed E-state index contributed by atoms with van der Waals surface area (Å²) in [6.07, 6.45) is 7.00. The molecule has 1 atom stereocenters. The summed E-state index contributed by atoms with van der Waals surface area (Å²) in [4.78, 5) is 11.1. The summed E-state index contributed by atoms with van der Waals surface area (Å²) in [5.41, 5.74) is 6.01. The first kappa shape index (κ1) is 10.1. The van der Waals surface area contributed by atoms with Crippen molar-refractivity contribution in [2.24, 2.45) is 10.7 Å². The van der Waals surface area contributed by atoms with Gasteiger partial charge in [-0.2, -0.15) is 0 Å². The standard InChI is InChI=1S/C11H16N4S/c12-11-14-7-9(10-13-5-6-16-10)15(11)8-3-1-2-4-8/h5-6,8-9H,1-4,7H2,(H2,12,14). The van der Waals surface area contributed by atoms with Crippen molar-refractivity contribution in [1.29, 1.82) is 0 Å². The van der Waals surface area contributed by atoms with Gasteiger partial charge in [0.1, 0.15) is 11.0 Å². The van der Waals surface area contributed by atoms with E-state index in [9.17, 15) is 0 Å². The molecule has 2 heterocycles. The second-order valence-corrected chi connectivity index (χ2v) is 5.36. The van der Waals surface area contributed by atoms with Gasteiger partial charge in [0.2, 0.25) is 0 Å². The van der Waals surface area contributed by atoms with E-state index >= 15 is 0 Å². The number of thiazole rings is 1. The molecule has 2 N–H and O–H groups in total. The number of guanidine groups is 1. The molecule has 0 saturated heterocycles. The van der Waals surface area contributed by atoms with Crippen molar-refractivity contribution in [2.75, 3.05) is 6.54 Å². The van der Waals surface area contributed by atoms with Crippen LogP contribution in [0.4, 0.5) is 0 Å². The molecule has 1 saturated carbocycles. The molecule has 2 aliphatic rings. The highest BCUT2D eigenvalue weighted by atomic mass is 32.1. The van der Waals surface area contributed by atoms with Crippen LogP contribution in [0.2, 0.25) is 0 Å². The molecular formula is C11H16N4S. The predicted molar refractivity (Wildman–Crippen MR) is 65.4 cm³/mol. The molecule has 0 amide bonds. The Kier molecular flexibility index (Phi) is 2.55. The zero-order chi connectivity index (χ0) is 11.0. The van der Waals surface area contributed by atoms with Gasteiger partial charge in [0.25, 0.3) is 0 Å². The van der Waals surface area contributed by atoms with E-state index in [1.807, 2.05) is 11.6 Å². The number of rotatable bonds is 2. The number of aliphatic imine (C=N–C) groups is 1. The van der Waals surface area contributed by atoms with Gasteiger partial charge >= 0.3 is 0 Å². The fourth-order valence-corrected chi connectivity index (χ4v) is 3.46. The number of nitrogens with zero attached hydrogens (tertiary/aromatic N) is 3. The summed E-state index contributed by atoms with van der Waals surface area (Å²) >= 11 is 1.70. The SMILES string of the molecule is NC1=NCC(c2nccs2)N1C1CCCC1. The number of nitrogens with two attached hydrogens (primary N) is 1. The van der Waals surface area contributed by atoms with Crippen molar-refractivity contribution < 1.29 is 0 Å². The third-order valence-electron chi connectivity index (χ3n) is 3.48. The van der Waals surface area contributed by atoms with Gasteiger partial charge in [-0.1, -0.05) is 12.8 Å². The fourth-order valence-electron chi connectivity index (χ4n) is 2.73. The minimum atomic E-state index is 0.295. The molecule has 0 bridgehead atoms. The highest BCUT2D eigenvalue weighted by molar-refractivity contribution is 7.09. The molecule has 4 nitrogen and oxygen atoms in total. The van der Waals surface area contributed by atoms with Gasteiger partial charge in [0.15, 0.2) is 5.96 Å². The normalized spacial score (nSPS) is 26.4. The first-order chi connectivity index (χ1) is 7.86. The summed E-state index contributed by atoms with van der Waals surface area (Å²) in [5, 5.41) is 3.17. The molecule has 0 radical (unpaired) electrons. The van der Waals surface area contributed by atoms with Crippen molar-refractivity contribution in [1.82, 2.24) is 9.88 Å². The van der Waals surface area contributed by atoms with Gasteiger partial charge in [0, 0.05) is 17.6 Å². The lowest BCUT2D eigenvalue weighted by Crippen LogP contribution is -2.42. The summed E-state index contributed by atoms with van der Waals surface area (Å²) in [6.45, 7) is 0.774. The van der Waals surface area contributed by atoms with Crippen LogP contribution in [-0.2, 0) is 0 Å². The Morgan fingerprint density at radius 2 is 2.19 bits per heavy atom. The molecule has 1 aliphatic heterocycles. The van der Waals surface area contributed by atoms with Gasteiger partial charge < -0.3 is 10.6 Å². The van der Waals surface area contributed by atoms with Crippen LogP contribution >= 0.6 is 11.3 Å². The fraction of sp³-hybridized carbons (Fsp3) is 0.636.